The van der Waals surface area contributed by atoms with E-state index in [1.165, 1.54) is 23.3 Å². The van der Waals surface area contributed by atoms with Gasteiger partial charge in [-0.3, -0.25) is 0 Å². The van der Waals surface area contributed by atoms with Gasteiger partial charge in [0, 0.05) is 33.9 Å². The van der Waals surface area contributed by atoms with Crippen molar-refractivity contribution in [2.24, 2.45) is 0 Å². The maximum atomic E-state index is 16.0. The maximum Gasteiger partial charge on any atom is 0.131 e. The Labute approximate surface area is 372 Å². The molecule has 4 heteroatoms. The molecular formula is C59H56F2N2. The summed E-state index contributed by atoms with van der Waals surface area (Å²) in [5, 5.41) is 7.43. The fourth-order valence-corrected chi connectivity index (χ4v) is 8.58. The second kappa shape index (κ2) is 17.2. The topological polar surface area (TPSA) is 24.1 Å². The normalized spacial score (nSPS) is 12.0. The molecule has 0 aliphatic rings. The van der Waals surface area contributed by atoms with E-state index in [1.54, 1.807) is 12.1 Å². The highest BCUT2D eigenvalue weighted by Gasteiger charge is 2.40. The molecule has 63 heavy (non-hydrogen) atoms. The van der Waals surface area contributed by atoms with Crippen LogP contribution in [0.3, 0.4) is 0 Å². The maximum absolute atomic E-state index is 16.0. The van der Waals surface area contributed by atoms with E-state index in [-0.39, 0.29) is 22.5 Å². The van der Waals surface area contributed by atoms with Crippen molar-refractivity contribution in [1.29, 1.82) is 0 Å². The average molecular weight is 831 g/mol. The summed E-state index contributed by atoms with van der Waals surface area (Å²) in [6, 6.07) is 61.0. The third-order valence-electron chi connectivity index (χ3n) is 12.2. The molecule has 0 saturated heterocycles. The molecule has 0 bridgehead atoms. The fraction of sp³-hybridized carbons (Fsp3) is 0.186. The molecule has 8 aromatic rings. The second-order valence-electron chi connectivity index (χ2n) is 18.9. The average Bonchev–Trinajstić information content (AvgIpc) is 3.25. The molecule has 0 aliphatic carbocycles. The van der Waals surface area contributed by atoms with E-state index in [0.717, 1.165) is 67.3 Å². The van der Waals surface area contributed by atoms with E-state index < -0.39 is 5.41 Å². The highest BCUT2D eigenvalue weighted by Crippen LogP contribution is 2.49. The summed E-state index contributed by atoms with van der Waals surface area (Å²) in [6.07, 6.45) is 0. The van der Waals surface area contributed by atoms with Crippen LogP contribution in [0.1, 0.15) is 86.1 Å². The lowest BCUT2D eigenvalue weighted by Crippen LogP contribution is -2.31. The first kappa shape index (κ1) is 42.9. The van der Waals surface area contributed by atoms with Crippen LogP contribution in [0.2, 0.25) is 0 Å². The molecule has 2 N–H and O–H groups in total. The van der Waals surface area contributed by atoms with Gasteiger partial charge in [-0.05, 0) is 142 Å². The van der Waals surface area contributed by atoms with E-state index in [2.05, 4.69) is 187 Å². The third-order valence-corrected chi connectivity index (χ3v) is 12.2. The van der Waals surface area contributed by atoms with Gasteiger partial charge in [-0.1, -0.05) is 162 Å². The number of benzene rings is 8. The van der Waals surface area contributed by atoms with Crippen molar-refractivity contribution in [2.75, 3.05) is 10.6 Å². The molecule has 0 fully saturated rings. The molecule has 0 saturated carbocycles. The molecule has 0 atom stereocenters. The van der Waals surface area contributed by atoms with Gasteiger partial charge < -0.3 is 10.6 Å². The zero-order valence-corrected chi connectivity index (χ0v) is 37.6. The van der Waals surface area contributed by atoms with Crippen LogP contribution in [-0.4, -0.2) is 0 Å². The van der Waals surface area contributed by atoms with Gasteiger partial charge in [0.2, 0.25) is 0 Å². The Hall–Kier alpha value is -6.78. The van der Waals surface area contributed by atoms with Crippen molar-refractivity contribution in [1.82, 2.24) is 0 Å². The SMILES string of the molecule is Cc1ccc(C(c2ccc(C)cc2)(c2cc(Nc3ccc(C(C)(C)C)cc3)cc(-c3ccccc3F)c2)c2cc(Nc3ccc(C(C)(C)C)cc3)cc(-c3ccccc3F)c2)cc1. The van der Waals surface area contributed by atoms with Gasteiger partial charge in [-0.2, -0.15) is 0 Å². The van der Waals surface area contributed by atoms with Gasteiger partial charge >= 0.3 is 0 Å². The lowest BCUT2D eigenvalue weighted by molar-refractivity contribution is 0.590. The highest BCUT2D eigenvalue weighted by molar-refractivity contribution is 5.79. The summed E-state index contributed by atoms with van der Waals surface area (Å²) in [6.45, 7) is 17.4. The monoisotopic (exact) mass is 830 g/mol. The van der Waals surface area contributed by atoms with Crippen LogP contribution in [0, 0.1) is 25.5 Å². The van der Waals surface area contributed by atoms with Crippen LogP contribution < -0.4 is 10.6 Å². The number of rotatable bonds is 10. The van der Waals surface area contributed by atoms with E-state index in [1.807, 2.05) is 36.4 Å². The number of hydrogen-bond acceptors (Lipinski definition) is 2. The summed E-state index contributed by atoms with van der Waals surface area (Å²) in [4.78, 5) is 0. The van der Waals surface area contributed by atoms with Crippen LogP contribution in [0.15, 0.2) is 182 Å². The largest absolute Gasteiger partial charge is 0.356 e. The predicted molar refractivity (Wildman–Crippen MR) is 262 cm³/mol. The first-order valence-corrected chi connectivity index (χ1v) is 21.8. The number of anilines is 4. The minimum Gasteiger partial charge on any atom is -0.356 e. The molecule has 0 heterocycles. The molecule has 8 rings (SSSR count). The minimum absolute atomic E-state index is 0.00107. The summed E-state index contributed by atoms with van der Waals surface area (Å²) in [5.41, 5.74) is 13.4. The summed E-state index contributed by atoms with van der Waals surface area (Å²) in [7, 11) is 0. The van der Waals surface area contributed by atoms with Gasteiger partial charge in [0.1, 0.15) is 11.6 Å². The van der Waals surface area contributed by atoms with Crippen LogP contribution in [0.5, 0.6) is 0 Å². The first-order chi connectivity index (χ1) is 30.1. The summed E-state index contributed by atoms with van der Waals surface area (Å²) in [5.74, 6) is -0.617. The predicted octanol–water partition coefficient (Wildman–Crippen LogP) is 16.4. The van der Waals surface area contributed by atoms with Gasteiger partial charge in [-0.15, -0.1) is 0 Å². The summed E-state index contributed by atoms with van der Waals surface area (Å²) >= 11 is 0. The zero-order valence-electron chi connectivity index (χ0n) is 37.6. The van der Waals surface area contributed by atoms with Crippen molar-refractivity contribution in [2.45, 2.75) is 71.6 Å². The third kappa shape index (κ3) is 9.08. The molecule has 316 valence electrons. The van der Waals surface area contributed by atoms with Crippen molar-refractivity contribution < 1.29 is 8.78 Å². The molecular weight excluding hydrogens is 775 g/mol. The number of hydrogen-bond donors (Lipinski definition) is 2. The smallest absolute Gasteiger partial charge is 0.131 e. The van der Waals surface area contributed by atoms with Crippen LogP contribution >= 0.6 is 0 Å². The van der Waals surface area contributed by atoms with Crippen molar-refractivity contribution in [3.8, 4) is 22.3 Å². The first-order valence-electron chi connectivity index (χ1n) is 21.8. The van der Waals surface area contributed by atoms with Gasteiger partial charge in [-0.25, -0.2) is 8.78 Å². The van der Waals surface area contributed by atoms with Crippen molar-refractivity contribution in [3.05, 3.63) is 238 Å². The Balaban J connectivity index is 1.45. The molecule has 0 spiro atoms. The lowest BCUT2D eigenvalue weighted by atomic mass is 9.64. The Bertz CT molecular complexity index is 2660. The molecule has 0 aliphatic heterocycles. The van der Waals surface area contributed by atoms with Crippen LogP contribution in [0.4, 0.5) is 31.5 Å². The van der Waals surface area contributed by atoms with Gasteiger partial charge in [0.15, 0.2) is 0 Å². The van der Waals surface area contributed by atoms with Crippen LogP contribution in [0.25, 0.3) is 22.3 Å². The Morgan fingerprint density at radius 3 is 1.00 bits per heavy atom. The molecule has 0 radical (unpaired) electrons. The second-order valence-corrected chi connectivity index (χ2v) is 18.9. The molecule has 2 nitrogen and oxygen atoms in total. The Kier molecular flexibility index (Phi) is 11.7. The standard InChI is InChI=1S/C59H56F2N2/c1-39-17-21-45(22-18-39)59(46-23-19-40(2)20-24-46,47-33-41(53-13-9-11-15-55(53)60)35-51(37-47)62-49-29-25-43(26-30-49)57(3,4)5)48-34-42(54-14-10-12-16-56(54)61)36-52(38-48)63-50-31-27-44(28-32-50)58(6,7)8/h9-38,62-63H,1-8H3. The zero-order chi connectivity index (χ0) is 44.5. The number of nitrogens with one attached hydrogen (secondary N) is 2. The minimum atomic E-state index is -0.997. The Morgan fingerprint density at radius 2 is 0.667 bits per heavy atom. The quantitative estimate of drug-likeness (QED) is 0.134. The van der Waals surface area contributed by atoms with E-state index in [4.69, 9.17) is 0 Å². The molecule has 0 aromatic heterocycles. The number of aryl methyl sites for hydroxylation is 2. The lowest BCUT2D eigenvalue weighted by Gasteiger charge is -2.38. The molecule has 0 unspecified atom stereocenters. The van der Waals surface area contributed by atoms with Crippen molar-refractivity contribution >= 4 is 22.7 Å². The Morgan fingerprint density at radius 1 is 0.333 bits per heavy atom. The molecule has 8 aromatic carbocycles. The van der Waals surface area contributed by atoms with Gasteiger partial charge in [0.25, 0.3) is 0 Å². The van der Waals surface area contributed by atoms with Crippen molar-refractivity contribution in [3.63, 3.8) is 0 Å². The fourth-order valence-electron chi connectivity index (χ4n) is 8.58. The highest BCUT2D eigenvalue weighted by atomic mass is 19.1. The van der Waals surface area contributed by atoms with E-state index in [9.17, 15) is 0 Å². The summed E-state index contributed by atoms with van der Waals surface area (Å²) < 4.78 is 32.1. The number of halogens is 2. The van der Waals surface area contributed by atoms with E-state index in [0.29, 0.717) is 11.1 Å². The van der Waals surface area contributed by atoms with Crippen LogP contribution in [-0.2, 0) is 16.2 Å². The van der Waals surface area contributed by atoms with Gasteiger partial charge in [0.05, 0.1) is 5.41 Å². The molecule has 0 amide bonds. The van der Waals surface area contributed by atoms with E-state index >= 15 is 8.78 Å².